The summed E-state index contributed by atoms with van der Waals surface area (Å²) in [5, 5.41) is 3.39. The topological polar surface area (TPSA) is 46.1 Å². The molecule has 0 aromatic heterocycles. The van der Waals surface area contributed by atoms with Gasteiger partial charge in [-0.3, -0.25) is 4.99 Å². The number of aliphatic imine (C=N–C) groups is 1. The zero-order chi connectivity index (χ0) is 14.9. The molecule has 0 aromatic carbocycles. The molecule has 2 heterocycles. The van der Waals surface area contributed by atoms with Crippen molar-refractivity contribution in [2.24, 2.45) is 10.9 Å². The van der Waals surface area contributed by atoms with Crippen LogP contribution in [0.2, 0.25) is 0 Å². The van der Waals surface area contributed by atoms with Gasteiger partial charge in [-0.15, -0.1) is 0 Å². The first-order valence-electron chi connectivity index (χ1n) is 8.12. The Morgan fingerprint density at radius 2 is 2.33 bits per heavy atom. The van der Waals surface area contributed by atoms with Crippen molar-refractivity contribution < 1.29 is 9.47 Å². The van der Waals surface area contributed by atoms with Crippen LogP contribution in [0.1, 0.15) is 26.2 Å². The normalized spacial score (nSPS) is 23.0. The molecular weight excluding hydrogens is 266 g/mol. The molecule has 1 saturated heterocycles. The molecule has 1 unspecified atom stereocenters. The lowest BCUT2D eigenvalue weighted by Gasteiger charge is -2.24. The fraction of sp³-hybridized carbons (Fsp3) is 0.812. The van der Waals surface area contributed by atoms with E-state index >= 15 is 0 Å². The van der Waals surface area contributed by atoms with E-state index in [9.17, 15) is 0 Å². The van der Waals surface area contributed by atoms with Gasteiger partial charge in [0, 0.05) is 39.2 Å². The third kappa shape index (κ3) is 5.67. The summed E-state index contributed by atoms with van der Waals surface area (Å²) in [6.07, 6.45) is 5.46. The van der Waals surface area contributed by atoms with Crippen molar-refractivity contribution in [1.82, 2.24) is 10.2 Å². The lowest BCUT2D eigenvalue weighted by atomic mass is 10.1. The van der Waals surface area contributed by atoms with Crippen LogP contribution in [-0.2, 0) is 9.47 Å². The molecule has 0 saturated carbocycles. The zero-order valence-corrected chi connectivity index (χ0v) is 13.4. The van der Waals surface area contributed by atoms with Gasteiger partial charge in [-0.05, 0) is 26.2 Å². The lowest BCUT2D eigenvalue weighted by molar-refractivity contribution is 0.153. The third-order valence-electron chi connectivity index (χ3n) is 4.00. The second-order valence-corrected chi connectivity index (χ2v) is 5.78. The van der Waals surface area contributed by atoms with E-state index in [1.807, 2.05) is 0 Å². The maximum atomic E-state index is 5.45. The summed E-state index contributed by atoms with van der Waals surface area (Å²) in [5.74, 6) is 1.65. The molecule has 0 radical (unpaired) electrons. The van der Waals surface area contributed by atoms with E-state index in [0.717, 1.165) is 71.3 Å². The molecular formula is C16H29N3O2. The van der Waals surface area contributed by atoms with Gasteiger partial charge in [0.05, 0.1) is 19.8 Å². The average Bonchev–Trinajstić information content (AvgIpc) is 3.00. The van der Waals surface area contributed by atoms with Crippen LogP contribution >= 0.6 is 0 Å². The highest BCUT2D eigenvalue weighted by atomic mass is 16.5. The molecule has 5 heteroatoms. The standard InChI is InChI=1S/C16H29N3O2/c1-3-17-16(19(2)12-15-7-11-21-13-15)18-8-4-14-5-9-20-10-6-14/h5,15H,3-4,6-13H2,1-2H3,(H,17,18). The van der Waals surface area contributed by atoms with Crippen LogP contribution in [0.4, 0.5) is 0 Å². The Kier molecular flexibility index (Phi) is 7.03. The van der Waals surface area contributed by atoms with Crippen molar-refractivity contribution in [3.05, 3.63) is 11.6 Å². The maximum absolute atomic E-state index is 5.45. The van der Waals surface area contributed by atoms with Crippen LogP contribution in [-0.4, -0.2) is 64.0 Å². The van der Waals surface area contributed by atoms with Crippen LogP contribution in [0.15, 0.2) is 16.6 Å². The van der Waals surface area contributed by atoms with Crippen molar-refractivity contribution in [2.75, 3.05) is 53.1 Å². The minimum atomic E-state index is 0.636. The van der Waals surface area contributed by atoms with E-state index in [-0.39, 0.29) is 0 Å². The van der Waals surface area contributed by atoms with Gasteiger partial charge in [-0.1, -0.05) is 11.6 Å². The molecule has 0 aliphatic carbocycles. The Morgan fingerprint density at radius 1 is 1.43 bits per heavy atom. The molecule has 1 N–H and O–H groups in total. The molecule has 1 fully saturated rings. The number of hydrogen-bond acceptors (Lipinski definition) is 3. The van der Waals surface area contributed by atoms with Crippen LogP contribution < -0.4 is 5.32 Å². The van der Waals surface area contributed by atoms with E-state index in [1.165, 1.54) is 5.57 Å². The second kappa shape index (κ2) is 9.05. The summed E-state index contributed by atoms with van der Waals surface area (Å²) in [5.41, 5.74) is 1.48. The maximum Gasteiger partial charge on any atom is 0.193 e. The van der Waals surface area contributed by atoms with Crippen LogP contribution in [0.5, 0.6) is 0 Å². The molecule has 2 aliphatic rings. The first kappa shape index (κ1) is 16.3. The molecule has 0 bridgehead atoms. The van der Waals surface area contributed by atoms with Crippen molar-refractivity contribution in [3.8, 4) is 0 Å². The Morgan fingerprint density at radius 3 is 3.00 bits per heavy atom. The average molecular weight is 295 g/mol. The van der Waals surface area contributed by atoms with Gasteiger partial charge in [0.1, 0.15) is 0 Å². The van der Waals surface area contributed by atoms with Crippen molar-refractivity contribution in [3.63, 3.8) is 0 Å². The third-order valence-corrected chi connectivity index (χ3v) is 4.00. The van der Waals surface area contributed by atoms with E-state index in [0.29, 0.717) is 5.92 Å². The van der Waals surface area contributed by atoms with Crippen molar-refractivity contribution in [2.45, 2.75) is 26.2 Å². The molecule has 2 aliphatic heterocycles. The molecule has 0 spiro atoms. The first-order chi connectivity index (χ1) is 10.3. The molecule has 5 nitrogen and oxygen atoms in total. The quantitative estimate of drug-likeness (QED) is 0.460. The smallest absolute Gasteiger partial charge is 0.193 e. The number of guanidine groups is 1. The van der Waals surface area contributed by atoms with Crippen LogP contribution in [0.3, 0.4) is 0 Å². The van der Waals surface area contributed by atoms with Crippen LogP contribution in [0.25, 0.3) is 0 Å². The molecule has 0 amide bonds. The highest BCUT2D eigenvalue weighted by molar-refractivity contribution is 5.79. The van der Waals surface area contributed by atoms with Gasteiger partial charge < -0.3 is 19.7 Å². The van der Waals surface area contributed by atoms with E-state index < -0.39 is 0 Å². The number of hydrogen-bond donors (Lipinski definition) is 1. The first-order valence-corrected chi connectivity index (χ1v) is 8.12. The predicted octanol–water partition coefficient (Wildman–Crippen LogP) is 1.66. The van der Waals surface area contributed by atoms with Gasteiger partial charge in [-0.2, -0.15) is 0 Å². The molecule has 21 heavy (non-hydrogen) atoms. The number of nitrogens with zero attached hydrogens (tertiary/aromatic N) is 2. The molecule has 0 aromatic rings. The summed E-state index contributed by atoms with van der Waals surface area (Å²) < 4.78 is 10.8. The Labute approximate surface area is 128 Å². The minimum absolute atomic E-state index is 0.636. The molecule has 120 valence electrons. The van der Waals surface area contributed by atoms with Crippen molar-refractivity contribution in [1.29, 1.82) is 0 Å². The summed E-state index contributed by atoms with van der Waals surface area (Å²) in [6.45, 7) is 8.29. The van der Waals surface area contributed by atoms with Crippen molar-refractivity contribution >= 4 is 5.96 Å². The molecule has 2 rings (SSSR count). The fourth-order valence-corrected chi connectivity index (χ4v) is 2.77. The summed E-state index contributed by atoms with van der Waals surface area (Å²) in [7, 11) is 2.12. The largest absolute Gasteiger partial charge is 0.381 e. The monoisotopic (exact) mass is 295 g/mol. The SMILES string of the molecule is CCNC(=NCCC1=CCOCC1)N(C)CC1CCOC1. The highest BCUT2D eigenvalue weighted by Gasteiger charge is 2.19. The Hall–Kier alpha value is -1.07. The predicted molar refractivity (Wildman–Crippen MR) is 85.7 cm³/mol. The summed E-state index contributed by atoms with van der Waals surface area (Å²) >= 11 is 0. The zero-order valence-electron chi connectivity index (χ0n) is 13.4. The van der Waals surface area contributed by atoms with Gasteiger partial charge in [0.15, 0.2) is 5.96 Å². The molecule has 1 atom stereocenters. The Balaban J connectivity index is 1.80. The van der Waals surface area contributed by atoms with Crippen LogP contribution in [0, 0.1) is 5.92 Å². The lowest BCUT2D eigenvalue weighted by Crippen LogP contribution is -2.41. The summed E-state index contributed by atoms with van der Waals surface area (Å²) in [6, 6.07) is 0. The van der Waals surface area contributed by atoms with Gasteiger partial charge in [0.2, 0.25) is 0 Å². The number of ether oxygens (including phenoxy) is 2. The number of nitrogens with one attached hydrogen (secondary N) is 1. The van der Waals surface area contributed by atoms with E-state index in [4.69, 9.17) is 14.5 Å². The van der Waals surface area contributed by atoms with E-state index in [1.54, 1.807) is 0 Å². The fourth-order valence-electron chi connectivity index (χ4n) is 2.77. The van der Waals surface area contributed by atoms with E-state index in [2.05, 4.69) is 30.3 Å². The highest BCUT2D eigenvalue weighted by Crippen LogP contribution is 2.14. The van der Waals surface area contributed by atoms with Gasteiger partial charge >= 0.3 is 0 Å². The van der Waals surface area contributed by atoms with Gasteiger partial charge in [0.25, 0.3) is 0 Å². The second-order valence-electron chi connectivity index (χ2n) is 5.78. The summed E-state index contributed by atoms with van der Waals surface area (Å²) in [4.78, 5) is 7.00. The number of rotatable bonds is 6. The Bertz CT molecular complexity index is 363. The van der Waals surface area contributed by atoms with Gasteiger partial charge in [-0.25, -0.2) is 0 Å². The minimum Gasteiger partial charge on any atom is -0.381 e.